The van der Waals surface area contributed by atoms with E-state index in [1.165, 1.54) is 5.56 Å². The Hall–Kier alpha value is -1.15. The largest absolute Gasteiger partial charge is 0.298 e. The standard InChI is InChI=1S/C13H15NO/c15-13-7-11-6-12(13)14(9-11)8-10-4-2-1-3-5-10/h1-5,11-12H,6-9H2/t11-,12+/m0/s1. The van der Waals surface area contributed by atoms with E-state index in [-0.39, 0.29) is 6.04 Å². The second kappa shape index (κ2) is 3.46. The van der Waals surface area contributed by atoms with Crippen molar-refractivity contribution in [3.05, 3.63) is 35.9 Å². The van der Waals surface area contributed by atoms with Gasteiger partial charge in [0.2, 0.25) is 0 Å². The third kappa shape index (κ3) is 1.59. The molecule has 1 heterocycles. The van der Waals surface area contributed by atoms with Crippen LogP contribution in [-0.4, -0.2) is 23.3 Å². The van der Waals surface area contributed by atoms with E-state index in [2.05, 4.69) is 29.2 Å². The molecule has 2 fully saturated rings. The van der Waals surface area contributed by atoms with Gasteiger partial charge >= 0.3 is 0 Å². The lowest BCUT2D eigenvalue weighted by Gasteiger charge is -2.25. The van der Waals surface area contributed by atoms with E-state index < -0.39 is 0 Å². The van der Waals surface area contributed by atoms with Gasteiger partial charge in [-0.15, -0.1) is 0 Å². The zero-order valence-electron chi connectivity index (χ0n) is 8.73. The van der Waals surface area contributed by atoms with Gasteiger partial charge in [0.15, 0.2) is 0 Å². The van der Waals surface area contributed by atoms with Crippen LogP contribution in [0.15, 0.2) is 30.3 Å². The van der Waals surface area contributed by atoms with E-state index in [9.17, 15) is 4.79 Å². The zero-order chi connectivity index (χ0) is 10.3. The number of hydrogen-bond acceptors (Lipinski definition) is 2. The van der Waals surface area contributed by atoms with Gasteiger partial charge in [-0.05, 0) is 17.9 Å². The van der Waals surface area contributed by atoms with Crippen LogP contribution < -0.4 is 0 Å². The van der Waals surface area contributed by atoms with Crippen LogP contribution in [-0.2, 0) is 11.3 Å². The Morgan fingerprint density at radius 3 is 2.73 bits per heavy atom. The van der Waals surface area contributed by atoms with Crippen LogP contribution in [0.2, 0.25) is 0 Å². The lowest BCUT2D eigenvalue weighted by molar-refractivity contribution is -0.123. The van der Waals surface area contributed by atoms with Crippen molar-refractivity contribution < 1.29 is 4.79 Å². The molecule has 2 atom stereocenters. The highest BCUT2D eigenvalue weighted by molar-refractivity contribution is 5.87. The van der Waals surface area contributed by atoms with Crippen molar-refractivity contribution in [3.63, 3.8) is 0 Å². The molecule has 0 radical (unpaired) electrons. The topological polar surface area (TPSA) is 20.3 Å². The van der Waals surface area contributed by atoms with E-state index in [0.717, 1.165) is 25.9 Å². The Labute approximate surface area is 89.9 Å². The van der Waals surface area contributed by atoms with Crippen LogP contribution in [0.25, 0.3) is 0 Å². The van der Waals surface area contributed by atoms with E-state index in [4.69, 9.17) is 0 Å². The molecule has 1 saturated heterocycles. The molecule has 2 bridgehead atoms. The summed E-state index contributed by atoms with van der Waals surface area (Å²) in [5, 5.41) is 0. The molecular weight excluding hydrogens is 186 g/mol. The minimum absolute atomic E-state index is 0.232. The summed E-state index contributed by atoms with van der Waals surface area (Å²) in [5.41, 5.74) is 1.32. The SMILES string of the molecule is O=C1C[C@@H]2C[C@H]1N(Cc1ccccc1)C2. The number of piperidine rings is 1. The summed E-state index contributed by atoms with van der Waals surface area (Å²) in [6, 6.07) is 10.7. The lowest BCUT2D eigenvalue weighted by atomic mass is 10.1. The Kier molecular flexibility index (Phi) is 2.10. The predicted molar refractivity (Wildman–Crippen MR) is 58.4 cm³/mol. The predicted octanol–water partition coefficient (Wildman–Crippen LogP) is 1.85. The summed E-state index contributed by atoms with van der Waals surface area (Å²) in [7, 11) is 0. The molecule has 2 nitrogen and oxygen atoms in total. The van der Waals surface area contributed by atoms with Crippen molar-refractivity contribution in [1.82, 2.24) is 4.90 Å². The molecule has 0 N–H and O–H groups in total. The average Bonchev–Trinajstić information content (AvgIpc) is 2.77. The van der Waals surface area contributed by atoms with Gasteiger partial charge in [-0.3, -0.25) is 9.69 Å². The number of hydrogen-bond donors (Lipinski definition) is 0. The number of ketones is 1. The first-order valence-corrected chi connectivity index (χ1v) is 5.63. The van der Waals surface area contributed by atoms with Crippen molar-refractivity contribution in [1.29, 1.82) is 0 Å². The molecule has 1 saturated carbocycles. The molecule has 1 aromatic rings. The third-order valence-corrected chi connectivity index (χ3v) is 3.58. The number of carbonyl (C=O) groups is 1. The molecule has 0 unspecified atom stereocenters. The van der Waals surface area contributed by atoms with Crippen molar-refractivity contribution in [3.8, 4) is 0 Å². The molecule has 1 aromatic carbocycles. The van der Waals surface area contributed by atoms with Crippen molar-refractivity contribution in [2.75, 3.05) is 6.54 Å². The molecule has 3 rings (SSSR count). The zero-order valence-corrected chi connectivity index (χ0v) is 8.73. The second-order valence-corrected chi connectivity index (χ2v) is 4.70. The molecule has 0 amide bonds. The van der Waals surface area contributed by atoms with Crippen molar-refractivity contribution in [2.24, 2.45) is 5.92 Å². The van der Waals surface area contributed by atoms with Gasteiger partial charge < -0.3 is 0 Å². The summed E-state index contributed by atoms with van der Waals surface area (Å²) in [4.78, 5) is 13.9. The summed E-state index contributed by atoms with van der Waals surface area (Å²) in [6.45, 7) is 2.05. The minimum atomic E-state index is 0.232. The first kappa shape index (κ1) is 9.10. The number of likely N-dealkylation sites (tertiary alicyclic amines) is 1. The van der Waals surface area contributed by atoms with Gasteiger partial charge in [0, 0.05) is 19.5 Å². The molecular formula is C13H15NO. The minimum Gasteiger partial charge on any atom is -0.298 e. The maximum Gasteiger partial charge on any atom is 0.150 e. The monoisotopic (exact) mass is 201 g/mol. The van der Waals surface area contributed by atoms with E-state index in [1.54, 1.807) is 0 Å². The van der Waals surface area contributed by atoms with Crippen LogP contribution in [0.3, 0.4) is 0 Å². The summed E-state index contributed by atoms with van der Waals surface area (Å²) in [6.07, 6.45) is 1.93. The number of carbonyl (C=O) groups excluding carboxylic acids is 1. The van der Waals surface area contributed by atoms with Crippen molar-refractivity contribution >= 4 is 5.78 Å². The first-order valence-electron chi connectivity index (χ1n) is 5.63. The molecule has 15 heavy (non-hydrogen) atoms. The molecule has 2 aliphatic rings. The second-order valence-electron chi connectivity index (χ2n) is 4.70. The van der Waals surface area contributed by atoms with Gasteiger partial charge in [0.1, 0.15) is 5.78 Å². The van der Waals surface area contributed by atoms with E-state index >= 15 is 0 Å². The van der Waals surface area contributed by atoms with E-state index in [1.807, 2.05) is 6.07 Å². The lowest BCUT2D eigenvalue weighted by Crippen LogP contribution is -2.37. The Morgan fingerprint density at radius 2 is 2.07 bits per heavy atom. The van der Waals surface area contributed by atoms with Gasteiger partial charge in [0.25, 0.3) is 0 Å². The molecule has 2 heteroatoms. The molecule has 0 aromatic heterocycles. The molecule has 1 aliphatic carbocycles. The quantitative estimate of drug-likeness (QED) is 0.727. The fourth-order valence-electron chi connectivity index (χ4n) is 2.89. The maximum atomic E-state index is 11.6. The van der Waals surface area contributed by atoms with Crippen LogP contribution in [0.5, 0.6) is 0 Å². The fraction of sp³-hybridized carbons (Fsp3) is 0.462. The smallest absolute Gasteiger partial charge is 0.150 e. The number of benzene rings is 1. The van der Waals surface area contributed by atoms with Crippen molar-refractivity contribution in [2.45, 2.75) is 25.4 Å². The maximum absolute atomic E-state index is 11.6. The number of rotatable bonds is 2. The highest BCUT2D eigenvalue weighted by Gasteiger charge is 2.43. The summed E-state index contributed by atoms with van der Waals surface area (Å²) in [5.74, 6) is 1.10. The van der Waals surface area contributed by atoms with Gasteiger partial charge in [-0.25, -0.2) is 0 Å². The highest BCUT2D eigenvalue weighted by atomic mass is 16.1. The normalized spacial score (nSPS) is 30.0. The van der Waals surface area contributed by atoms with Crippen LogP contribution in [0.4, 0.5) is 0 Å². The Morgan fingerprint density at radius 1 is 1.27 bits per heavy atom. The average molecular weight is 201 g/mol. The van der Waals surface area contributed by atoms with Gasteiger partial charge in [-0.1, -0.05) is 30.3 Å². The number of fused-ring (bicyclic) bond motifs is 2. The number of Topliss-reactive ketones (excluding diaryl/α,β-unsaturated/α-hetero) is 1. The first-order chi connectivity index (χ1) is 7.33. The molecule has 78 valence electrons. The highest BCUT2D eigenvalue weighted by Crippen LogP contribution is 2.35. The number of nitrogens with zero attached hydrogens (tertiary/aromatic N) is 1. The Bertz CT molecular complexity index is 373. The summed E-state index contributed by atoms with van der Waals surface area (Å²) >= 11 is 0. The third-order valence-electron chi connectivity index (χ3n) is 3.58. The summed E-state index contributed by atoms with van der Waals surface area (Å²) < 4.78 is 0. The van der Waals surface area contributed by atoms with Gasteiger partial charge in [-0.2, -0.15) is 0 Å². The molecule has 0 spiro atoms. The van der Waals surface area contributed by atoms with Crippen LogP contribution in [0, 0.1) is 5.92 Å². The molecule has 1 aliphatic heterocycles. The fourth-order valence-corrected chi connectivity index (χ4v) is 2.89. The van der Waals surface area contributed by atoms with Crippen LogP contribution >= 0.6 is 0 Å². The Balaban J connectivity index is 1.73. The van der Waals surface area contributed by atoms with Crippen LogP contribution in [0.1, 0.15) is 18.4 Å². The van der Waals surface area contributed by atoms with Gasteiger partial charge in [0.05, 0.1) is 6.04 Å². The van der Waals surface area contributed by atoms with E-state index in [0.29, 0.717) is 11.7 Å².